The fourth-order valence-electron chi connectivity index (χ4n) is 1.77. The number of anilines is 1. The number of hydrogen-bond acceptors (Lipinski definition) is 4. The third kappa shape index (κ3) is 5.49. The summed E-state index contributed by atoms with van der Waals surface area (Å²) in [6.45, 7) is 7.00. The fraction of sp³-hybridized carbons (Fsp3) is 0.600. The molecule has 1 aromatic rings. The highest BCUT2D eigenvalue weighted by Gasteiger charge is 2.15. The monoisotopic (exact) mass is 267 g/mol. The second-order valence-electron chi connectivity index (χ2n) is 5.01. The van der Waals surface area contributed by atoms with Gasteiger partial charge < -0.3 is 19.5 Å². The number of benzene rings is 1. The van der Waals surface area contributed by atoms with E-state index in [-0.39, 0.29) is 12.3 Å². The lowest BCUT2D eigenvalue weighted by atomic mass is 10.2. The summed E-state index contributed by atoms with van der Waals surface area (Å²) in [5.41, 5.74) is 0.993. The summed E-state index contributed by atoms with van der Waals surface area (Å²) < 4.78 is 16.2. The highest BCUT2D eigenvalue weighted by molar-refractivity contribution is 5.48. The maximum absolute atomic E-state index is 5.70. The van der Waals surface area contributed by atoms with Crippen LogP contribution in [0.4, 0.5) is 5.69 Å². The van der Waals surface area contributed by atoms with Crippen LogP contribution < -0.4 is 10.1 Å². The molecule has 108 valence electrons. The minimum absolute atomic E-state index is 0.0512. The third-order valence-electron chi connectivity index (χ3n) is 2.68. The van der Waals surface area contributed by atoms with Crippen molar-refractivity contribution >= 4 is 5.69 Å². The molecule has 1 N–H and O–H groups in total. The van der Waals surface area contributed by atoms with Gasteiger partial charge >= 0.3 is 0 Å². The highest BCUT2D eigenvalue weighted by Crippen LogP contribution is 2.19. The molecule has 0 saturated heterocycles. The maximum atomic E-state index is 5.70. The Morgan fingerprint density at radius 2 is 1.79 bits per heavy atom. The molecule has 1 unspecified atom stereocenters. The molecule has 1 rings (SSSR count). The Balaban J connectivity index is 2.61. The predicted molar refractivity (Wildman–Crippen MR) is 77.7 cm³/mol. The average molecular weight is 267 g/mol. The van der Waals surface area contributed by atoms with E-state index in [1.807, 2.05) is 31.2 Å². The Kier molecular flexibility index (Phi) is 6.67. The van der Waals surface area contributed by atoms with E-state index in [9.17, 15) is 0 Å². The molecule has 0 bridgehead atoms. The van der Waals surface area contributed by atoms with E-state index in [0.717, 1.165) is 18.0 Å². The molecule has 0 saturated carbocycles. The molecule has 19 heavy (non-hydrogen) atoms. The molecule has 4 heteroatoms. The fourth-order valence-corrected chi connectivity index (χ4v) is 1.77. The van der Waals surface area contributed by atoms with Gasteiger partial charge in [0.15, 0.2) is 6.29 Å². The first kappa shape index (κ1) is 15.8. The number of hydrogen-bond donors (Lipinski definition) is 1. The number of nitrogens with one attached hydrogen (secondary N) is 1. The van der Waals surface area contributed by atoms with Gasteiger partial charge in [-0.15, -0.1) is 0 Å². The molecule has 0 aliphatic carbocycles. The number of rotatable bonds is 8. The van der Waals surface area contributed by atoms with Crippen LogP contribution in [0.5, 0.6) is 5.75 Å². The van der Waals surface area contributed by atoms with Crippen LogP contribution in [-0.4, -0.2) is 33.2 Å². The standard InChI is InChI=1S/C15H25NO3/c1-11(2)10-19-14-8-6-7-13(9-14)16-12(3)15(17-4)18-5/h6-9,11-12,15-16H,10H2,1-5H3. The molecule has 1 atom stereocenters. The van der Waals surface area contributed by atoms with Crippen molar-refractivity contribution in [3.63, 3.8) is 0 Å². The molecule has 0 aliphatic heterocycles. The Morgan fingerprint density at radius 1 is 1.11 bits per heavy atom. The molecule has 0 aromatic heterocycles. The molecule has 0 amide bonds. The number of ether oxygens (including phenoxy) is 3. The molecule has 0 fully saturated rings. The Hall–Kier alpha value is -1.26. The van der Waals surface area contributed by atoms with E-state index in [1.54, 1.807) is 14.2 Å². The van der Waals surface area contributed by atoms with Gasteiger partial charge in [-0.25, -0.2) is 0 Å². The van der Waals surface area contributed by atoms with Gasteiger partial charge in [0.25, 0.3) is 0 Å². The smallest absolute Gasteiger partial charge is 0.176 e. The molecule has 0 aliphatic rings. The SMILES string of the molecule is COC(OC)C(C)Nc1cccc(OCC(C)C)c1. The van der Waals surface area contributed by atoms with Crippen LogP contribution in [0.3, 0.4) is 0 Å². The highest BCUT2D eigenvalue weighted by atomic mass is 16.7. The van der Waals surface area contributed by atoms with Crippen molar-refractivity contribution in [1.82, 2.24) is 0 Å². The molecule has 0 heterocycles. The van der Waals surface area contributed by atoms with Crippen LogP contribution in [0.15, 0.2) is 24.3 Å². The van der Waals surface area contributed by atoms with E-state index in [1.165, 1.54) is 0 Å². The first-order valence-electron chi connectivity index (χ1n) is 6.61. The molecule has 0 radical (unpaired) electrons. The van der Waals surface area contributed by atoms with Crippen LogP contribution in [0.25, 0.3) is 0 Å². The predicted octanol–water partition coefficient (Wildman–Crippen LogP) is 3.14. The number of methoxy groups -OCH3 is 2. The zero-order valence-corrected chi connectivity index (χ0v) is 12.5. The van der Waals surface area contributed by atoms with Crippen molar-refractivity contribution in [2.45, 2.75) is 33.1 Å². The van der Waals surface area contributed by atoms with Crippen LogP contribution in [0.2, 0.25) is 0 Å². The van der Waals surface area contributed by atoms with E-state index in [2.05, 4.69) is 19.2 Å². The van der Waals surface area contributed by atoms with Crippen molar-refractivity contribution in [3.8, 4) is 5.75 Å². The second-order valence-corrected chi connectivity index (χ2v) is 5.01. The lowest BCUT2D eigenvalue weighted by molar-refractivity contribution is -0.109. The van der Waals surface area contributed by atoms with Gasteiger partial charge in [0.1, 0.15) is 5.75 Å². The van der Waals surface area contributed by atoms with Gasteiger partial charge in [0.05, 0.1) is 12.6 Å². The summed E-state index contributed by atoms with van der Waals surface area (Å²) in [5.74, 6) is 1.39. The van der Waals surface area contributed by atoms with Crippen molar-refractivity contribution in [2.24, 2.45) is 5.92 Å². The maximum Gasteiger partial charge on any atom is 0.176 e. The lowest BCUT2D eigenvalue weighted by Gasteiger charge is -2.23. The van der Waals surface area contributed by atoms with Crippen molar-refractivity contribution < 1.29 is 14.2 Å². The van der Waals surface area contributed by atoms with Gasteiger partial charge in [-0.1, -0.05) is 19.9 Å². The van der Waals surface area contributed by atoms with Gasteiger partial charge in [0, 0.05) is 26.0 Å². The summed E-state index contributed by atoms with van der Waals surface area (Å²) >= 11 is 0. The van der Waals surface area contributed by atoms with Crippen LogP contribution in [-0.2, 0) is 9.47 Å². The van der Waals surface area contributed by atoms with E-state index >= 15 is 0 Å². The largest absolute Gasteiger partial charge is 0.493 e. The Morgan fingerprint density at radius 3 is 2.37 bits per heavy atom. The van der Waals surface area contributed by atoms with Gasteiger partial charge in [-0.3, -0.25) is 0 Å². The second kappa shape index (κ2) is 8.02. The van der Waals surface area contributed by atoms with Gasteiger partial charge in [-0.05, 0) is 25.0 Å². The van der Waals surface area contributed by atoms with Crippen LogP contribution >= 0.6 is 0 Å². The van der Waals surface area contributed by atoms with E-state index in [4.69, 9.17) is 14.2 Å². The van der Waals surface area contributed by atoms with Crippen molar-refractivity contribution in [1.29, 1.82) is 0 Å². The minimum Gasteiger partial charge on any atom is -0.493 e. The van der Waals surface area contributed by atoms with Crippen molar-refractivity contribution in [3.05, 3.63) is 24.3 Å². The quantitative estimate of drug-likeness (QED) is 0.735. The minimum atomic E-state index is -0.278. The Bertz CT molecular complexity index is 364. The van der Waals surface area contributed by atoms with Crippen molar-refractivity contribution in [2.75, 3.05) is 26.1 Å². The molecule has 0 spiro atoms. The van der Waals surface area contributed by atoms with Gasteiger partial charge in [0.2, 0.25) is 0 Å². The summed E-state index contributed by atoms with van der Waals surface area (Å²) in [7, 11) is 3.27. The topological polar surface area (TPSA) is 39.7 Å². The molecular weight excluding hydrogens is 242 g/mol. The summed E-state index contributed by atoms with van der Waals surface area (Å²) in [6.07, 6.45) is -0.278. The molecular formula is C15H25NO3. The Labute approximate surface area is 116 Å². The first-order chi connectivity index (χ1) is 9.06. The van der Waals surface area contributed by atoms with E-state index < -0.39 is 0 Å². The van der Waals surface area contributed by atoms with E-state index in [0.29, 0.717) is 5.92 Å². The third-order valence-corrected chi connectivity index (χ3v) is 2.68. The molecule has 4 nitrogen and oxygen atoms in total. The van der Waals surface area contributed by atoms with Gasteiger partial charge in [-0.2, -0.15) is 0 Å². The zero-order chi connectivity index (χ0) is 14.3. The van der Waals surface area contributed by atoms with Crippen LogP contribution in [0, 0.1) is 5.92 Å². The summed E-state index contributed by atoms with van der Waals surface area (Å²) in [5, 5.41) is 3.34. The lowest BCUT2D eigenvalue weighted by Crippen LogP contribution is -2.33. The average Bonchev–Trinajstić information content (AvgIpc) is 2.38. The molecule has 1 aromatic carbocycles. The first-order valence-corrected chi connectivity index (χ1v) is 6.61. The summed E-state index contributed by atoms with van der Waals surface area (Å²) in [6, 6.07) is 7.97. The zero-order valence-electron chi connectivity index (χ0n) is 12.5. The normalized spacial score (nSPS) is 12.8. The van der Waals surface area contributed by atoms with Crippen LogP contribution in [0.1, 0.15) is 20.8 Å². The summed E-state index contributed by atoms with van der Waals surface area (Å²) in [4.78, 5) is 0.